The summed E-state index contributed by atoms with van der Waals surface area (Å²) in [4.78, 5) is 16.4. The van der Waals surface area contributed by atoms with Crippen molar-refractivity contribution in [1.29, 1.82) is 0 Å². The van der Waals surface area contributed by atoms with Crippen molar-refractivity contribution in [1.82, 2.24) is 30.0 Å². The number of rotatable bonds is 1. The Labute approximate surface area is 95.1 Å². The Morgan fingerprint density at radius 1 is 1.41 bits per heavy atom. The summed E-state index contributed by atoms with van der Waals surface area (Å²) < 4.78 is 1.46. The van der Waals surface area contributed by atoms with Crippen LogP contribution >= 0.6 is 0 Å². The molecular formula is C10H8N6O. The maximum atomic E-state index is 12.1. The number of fused-ring (bicyclic) bond motifs is 1. The van der Waals surface area contributed by atoms with Crippen LogP contribution in [0.1, 0.15) is 5.56 Å². The van der Waals surface area contributed by atoms with Gasteiger partial charge in [0.1, 0.15) is 11.2 Å². The maximum absolute atomic E-state index is 12.1. The van der Waals surface area contributed by atoms with E-state index in [2.05, 4.69) is 25.6 Å². The third-order valence-corrected chi connectivity index (χ3v) is 2.47. The molecule has 17 heavy (non-hydrogen) atoms. The summed E-state index contributed by atoms with van der Waals surface area (Å²) in [7, 11) is 0. The Balaban J connectivity index is 2.34. The van der Waals surface area contributed by atoms with Gasteiger partial charge in [0.15, 0.2) is 5.82 Å². The molecule has 3 aromatic rings. The zero-order valence-electron chi connectivity index (χ0n) is 8.95. The van der Waals surface area contributed by atoms with Gasteiger partial charge in [0, 0.05) is 12.4 Å². The summed E-state index contributed by atoms with van der Waals surface area (Å²) in [5, 5.41) is 13.1. The molecule has 0 atom stereocenters. The predicted molar refractivity (Wildman–Crippen MR) is 59.4 cm³/mol. The summed E-state index contributed by atoms with van der Waals surface area (Å²) in [5.41, 5.74) is 1.79. The van der Waals surface area contributed by atoms with E-state index in [9.17, 15) is 4.79 Å². The lowest BCUT2D eigenvalue weighted by molar-refractivity contribution is 0.881. The van der Waals surface area contributed by atoms with Gasteiger partial charge in [-0.15, -0.1) is 5.10 Å². The van der Waals surface area contributed by atoms with Gasteiger partial charge in [-0.2, -0.15) is 0 Å². The largest absolute Gasteiger partial charge is 0.269 e. The van der Waals surface area contributed by atoms with Gasteiger partial charge in [-0.1, -0.05) is 0 Å². The fourth-order valence-electron chi connectivity index (χ4n) is 1.61. The van der Waals surface area contributed by atoms with Gasteiger partial charge in [0.05, 0.1) is 0 Å². The third-order valence-electron chi connectivity index (χ3n) is 2.47. The molecule has 0 aliphatic heterocycles. The SMILES string of the molecule is Cc1ccn2c(=O)c(-c3nnn[nH]3)cnc2c1. The van der Waals surface area contributed by atoms with E-state index in [0.29, 0.717) is 17.0 Å². The zero-order chi connectivity index (χ0) is 11.8. The second-order valence-electron chi connectivity index (χ2n) is 3.66. The zero-order valence-corrected chi connectivity index (χ0v) is 8.95. The molecular weight excluding hydrogens is 220 g/mol. The van der Waals surface area contributed by atoms with Crippen molar-refractivity contribution >= 4 is 5.65 Å². The van der Waals surface area contributed by atoms with Gasteiger partial charge in [-0.25, -0.2) is 10.1 Å². The summed E-state index contributed by atoms with van der Waals surface area (Å²) in [6, 6.07) is 3.68. The van der Waals surface area contributed by atoms with E-state index in [1.165, 1.54) is 10.6 Å². The minimum absolute atomic E-state index is 0.200. The lowest BCUT2D eigenvalue weighted by Gasteiger charge is -2.02. The molecule has 0 saturated carbocycles. The van der Waals surface area contributed by atoms with E-state index in [0.717, 1.165) is 5.56 Å². The molecule has 0 aliphatic rings. The van der Waals surface area contributed by atoms with E-state index in [4.69, 9.17) is 0 Å². The van der Waals surface area contributed by atoms with Gasteiger partial charge < -0.3 is 0 Å². The summed E-state index contributed by atoms with van der Waals surface area (Å²) >= 11 is 0. The van der Waals surface area contributed by atoms with Crippen molar-refractivity contribution in [3.8, 4) is 11.4 Å². The van der Waals surface area contributed by atoms with E-state index >= 15 is 0 Å². The molecule has 3 aromatic heterocycles. The molecule has 7 nitrogen and oxygen atoms in total. The van der Waals surface area contributed by atoms with Crippen LogP contribution in [0.25, 0.3) is 17.0 Å². The Kier molecular flexibility index (Phi) is 1.97. The van der Waals surface area contributed by atoms with Crippen LogP contribution in [0.15, 0.2) is 29.3 Å². The maximum Gasteiger partial charge on any atom is 0.269 e. The fraction of sp³-hybridized carbons (Fsp3) is 0.100. The number of H-pyrrole nitrogens is 1. The second kappa shape index (κ2) is 3.48. The van der Waals surface area contributed by atoms with Crippen LogP contribution in [0.4, 0.5) is 0 Å². The highest BCUT2D eigenvalue weighted by atomic mass is 16.1. The highest BCUT2D eigenvalue weighted by Crippen LogP contribution is 2.08. The Hall–Kier alpha value is -2.57. The molecule has 0 bridgehead atoms. The van der Waals surface area contributed by atoms with Gasteiger partial charge in [-0.05, 0) is 35.0 Å². The summed E-state index contributed by atoms with van der Waals surface area (Å²) in [6.45, 7) is 1.94. The van der Waals surface area contributed by atoms with E-state index in [1.807, 2.05) is 19.1 Å². The Morgan fingerprint density at radius 2 is 2.29 bits per heavy atom. The number of nitrogens with zero attached hydrogens (tertiary/aromatic N) is 5. The highest BCUT2D eigenvalue weighted by molar-refractivity contribution is 5.54. The average Bonchev–Trinajstić information content (AvgIpc) is 2.82. The molecule has 3 heterocycles. The third kappa shape index (κ3) is 1.48. The van der Waals surface area contributed by atoms with E-state index in [-0.39, 0.29) is 5.56 Å². The number of pyridine rings is 1. The normalized spacial score (nSPS) is 10.9. The lowest BCUT2D eigenvalue weighted by Crippen LogP contribution is -2.17. The molecule has 0 amide bonds. The summed E-state index contributed by atoms with van der Waals surface area (Å²) in [5.74, 6) is 0.317. The first kappa shape index (κ1) is 9.64. The minimum Gasteiger partial charge on any atom is -0.268 e. The lowest BCUT2D eigenvalue weighted by atomic mass is 10.2. The first-order chi connectivity index (χ1) is 8.25. The van der Waals surface area contributed by atoms with Crippen molar-refractivity contribution in [2.24, 2.45) is 0 Å². The quantitative estimate of drug-likeness (QED) is 0.642. The average molecular weight is 228 g/mol. The molecule has 0 saturated heterocycles. The number of hydrogen-bond acceptors (Lipinski definition) is 5. The minimum atomic E-state index is -0.200. The van der Waals surface area contributed by atoms with Crippen molar-refractivity contribution in [2.75, 3.05) is 0 Å². The molecule has 0 spiro atoms. The molecule has 84 valence electrons. The molecule has 7 heteroatoms. The molecule has 0 aliphatic carbocycles. The van der Waals surface area contributed by atoms with Gasteiger partial charge in [-0.3, -0.25) is 9.20 Å². The number of nitrogens with one attached hydrogen (secondary N) is 1. The predicted octanol–water partition coefficient (Wildman–Crippen LogP) is 0.183. The highest BCUT2D eigenvalue weighted by Gasteiger charge is 2.09. The molecule has 1 N–H and O–H groups in total. The molecule has 0 fully saturated rings. The van der Waals surface area contributed by atoms with Crippen molar-refractivity contribution < 1.29 is 0 Å². The second-order valence-corrected chi connectivity index (χ2v) is 3.66. The Morgan fingerprint density at radius 3 is 3.06 bits per heavy atom. The molecule has 0 radical (unpaired) electrons. The smallest absolute Gasteiger partial charge is 0.268 e. The van der Waals surface area contributed by atoms with Crippen LogP contribution in [-0.2, 0) is 0 Å². The van der Waals surface area contributed by atoms with E-state index in [1.54, 1.807) is 6.20 Å². The van der Waals surface area contributed by atoms with Crippen LogP contribution in [0.2, 0.25) is 0 Å². The standard InChI is InChI=1S/C10H8N6O/c1-6-2-3-16-8(4-6)11-5-7(10(16)17)9-12-14-15-13-9/h2-5H,1H3,(H,12,13,14,15). The molecule has 3 rings (SSSR count). The van der Waals surface area contributed by atoms with Crippen molar-refractivity contribution in [3.05, 3.63) is 40.4 Å². The fourth-order valence-corrected chi connectivity index (χ4v) is 1.61. The van der Waals surface area contributed by atoms with Crippen molar-refractivity contribution in [2.45, 2.75) is 6.92 Å². The van der Waals surface area contributed by atoms with Crippen LogP contribution in [0.3, 0.4) is 0 Å². The van der Waals surface area contributed by atoms with Gasteiger partial charge in [0.2, 0.25) is 0 Å². The number of tetrazole rings is 1. The van der Waals surface area contributed by atoms with Crippen LogP contribution < -0.4 is 5.56 Å². The number of aromatic amines is 1. The topological polar surface area (TPSA) is 88.8 Å². The Bertz CT molecular complexity index is 730. The van der Waals surface area contributed by atoms with Gasteiger partial charge in [0.25, 0.3) is 5.56 Å². The van der Waals surface area contributed by atoms with Crippen molar-refractivity contribution in [3.63, 3.8) is 0 Å². The number of aromatic nitrogens is 6. The number of hydrogen-bond donors (Lipinski definition) is 1. The molecule has 0 unspecified atom stereocenters. The van der Waals surface area contributed by atoms with E-state index < -0.39 is 0 Å². The first-order valence-corrected chi connectivity index (χ1v) is 4.98. The summed E-state index contributed by atoms with van der Waals surface area (Å²) in [6.07, 6.45) is 3.16. The monoisotopic (exact) mass is 228 g/mol. The number of aryl methyl sites for hydroxylation is 1. The first-order valence-electron chi connectivity index (χ1n) is 4.98. The van der Waals surface area contributed by atoms with Crippen LogP contribution in [0, 0.1) is 6.92 Å². The van der Waals surface area contributed by atoms with Crippen LogP contribution in [-0.4, -0.2) is 30.0 Å². The van der Waals surface area contributed by atoms with Gasteiger partial charge >= 0.3 is 0 Å². The molecule has 0 aromatic carbocycles. The van der Waals surface area contributed by atoms with Crippen LogP contribution in [0.5, 0.6) is 0 Å².